The average Bonchev–Trinajstić information content (AvgIpc) is 2.64. The molecule has 0 atom stereocenters. The van der Waals surface area contributed by atoms with Crippen LogP contribution in [0.25, 0.3) is 0 Å². The van der Waals surface area contributed by atoms with E-state index in [0.717, 1.165) is 0 Å². The van der Waals surface area contributed by atoms with Gasteiger partial charge in [0.1, 0.15) is 5.75 Å². The molecule has 7 nitrogen and oxygen atoms in total. The minimum Gasteiger partial charge on any atom is -0.482 e. The Morgan fingerprint density at radius 1 is 1.35 bits per heavy atom. The summed E-state index contributed by atoms with van der Waals surface area (Å²) >= 11 is 0. The van der Waals surface area contributed by atoms with Crippen molar-refractivity contribution in [2.75, 3.05) is 18.5 Å². The van der Waals surface area contributed by atoms with E-state index in [1.807, 2.05) is 0 Å². The zero-order valence-corrected chi connectivity index (χ0v) is 13.9. The van der Waals surface area contributed by atoms with Gasteiger partial charge in [-0.1, -0.05) is 12.1 Å². The summed E-state index contributed by atoms with van der Waals surface area (Å²) < 4.78 is 23.8. The summed E-state index contributed by atoms with van der Waals surface area (Å²) in [6, 6.07) is 11.0. The molecule has 0 fully saturated rings. The monoisotopic (exact) mass is 357 g/mol. The van der Waals surface area contributed by atoms with Crippen LogP contribution >= 0.6 is 0 Å². The standard InChI is InChI=1S/C18H16FN3O4/c1-11(12-6-7-16-14(8-12)20-17(23)9-26-16)21-22-18(24)10-25-15-5-3-2-4-13(15)19/h2-8H,9-10H2,1H3,(H,20,23)(H,22,24)/b21-11-. The van der Waals surface area contributed by atoms with Crippen molar-refractivity contribution in [1.29, 1.82) is 0 Å². The Bertz CT molecular complexity index is 882. The first-order valence-electron chi connectivity index (χ1n) is 7.80. The molecule has 2 aromatic rings. The number of amides is 2. The number of anilines is 1. The van der Waals surface area contributed by atoms with Gasteiger partial charge in [0.2, 0.25) is 0 Å². The van der Waals surface area contributed by atoms with E-state index in [1.165, 1.54) is 18.2 Å². The van der Waals surface area contributed by atoms with Gasteiger partial charge in [0.25, 0.3) is 11.8 Å². The molecule has 0 spiro atoms. The molecule has 8 heteroatoms. The van der Waals surface area contributed by atoms with Gasteiger partial charge in [-0.25, -0.2) is 9.82 Å². The van der Waals surface area contributed by atoms with E-state index in [0.29, 0.717) is 22.7 Å². The Hall–Kier alpha value is -3.42. The SMILES string of the molecule is C/C(=N/NC(=O)COc1ccccc1F)c1ccc2c(c1)NC(=O)CO2. The first-order valence-corrected chi connectivity index (χ1v) is 7.80. The van der Waals surface area contributed by atoms with E-state index < -0.39 is 11.7 Å². The number of fused-ring (bicyclic) bond motifs is 1. The molecule has 0 saturated carbocycles. The van der Waals surface area contributed by atoms with Crippen molar-refractivity contribution in [3.8, 4) is 11.5 Å². The average molecular weight is 357 g/mol. The Morgan fingerprint density at radius 3 is 2.96 bits per heavy atom. The number of nitrogens with one attached hydrogen (secondary N) is 2. The molecule has 0 unspecified atom stereocenters. The molecule has 0 aromatic heterocycles. The van der Waals surface area contributed by atoms with E-state index in [-0.39, 0.29) is 24.9 Å². The Kier molecular flexibility index (Phi) is 5.12. The largest absolute Gasteiger partial charge is 0.482 e. The molecule has 1 aliphatic rings. The third-order valence-corrected chi connectivity index (χ3v) is 3.57. The van der Waals surface area contributed by atoms with Crippen molar-refractivity contribution in [1.82, 2.24) is 5.43 Å². The second-order valence-electron chi connectivity index (χ2n) is 5.50. The van der Waals surface area contributed by atoms with Crippen molar-refractivity contribution in [2.45, 2.75) is 6.92 Å². The van der Waals surface area contributed by atoms with Crippen molar-refractivity contribution in [2.24, 2.45) is 5.10 Å². The quantitative estimate of drug-likeness (QED) is 0.633. The van der Waals surface area contributed by atoms with Crippen molar-refractivity contribution in [3.63, 3.8) is 0 Å². The third-order valence-electron chi connectivity index (χ3n) is 3.57. The fraction of sp³-hybridized carbons (Fsp3) is 0.167. The molecular weight excluding hydrogens is 341 g/mol. The highest BCUT2D eigenvalue weighted by Crippen LogP contribution is 2.28. The molecule has 26 heavy (non-hydrogen) atoms. The molecule has 1 aliphatic heterocycles. The van der Waals surface area contributed by atoms with Crippen molar-refractivity contribution >= 4 is 23.2 Å². The lowest BCUT2D eigenvalue weighted by Crippen LogP contribution is -2.26. The van der Waals surface area contributed by atoms with Crippen LogP contribution in [0.3, 0.4) is 0 Å². The zero-order valence-electron chi connectivity index (χ0n) is 13.9. The molecule has 1 heterocycles. The molecule has 0 bridgehead atoms. The number of hydrazone groups is 1. The van der Waals surface area contributed by atoms with E-state index in [1.54, 1.807) is 31.2 Å². The van der Waals surface area contributed by atoms with Gasteiger partial charge in [-0.2, -0.15) is 5.10 Å². The number of rotatable bonds is 5. The molecular formula is C18H16FN3O4. The number of ether oxygens (including phenoxy) is 2. The van der Waals surface area contributed by atoms with Gasteiger partial charge in [0.15, 0.2) is 24.8 Å². The number of para-hydroxylation sites is 1. The highest BCUT2D eigenvalue weighted by molar-refractivity contribution is 6.02. The molecule has 2 amide bonds. The molecule has 0 aliphatic carbocycles. The van der Waals surface area contributed by atoms with Crippen LogP contribution in [0.15, 0.2) is 47.6 Å². The zero-order chi connectivity index (χ0) is 18.5. The summed E-state index contributed by atoms with van der Waals surface area (Å²) in [7, 11) is 0. The smallest absolute Gasteiger partial charge is 0.277 e. The number of carbonyl (C=O) groups is 2. The van der Waals surface area contributed by atoms with Gasteiger partial charge in [0.05, 0.1) is 11.4 Å². The van der Waals surface area contributed by atoms with Gasteiger partial charge >= 0.3 is 0 Å². The van der Waals surface area contributed by atoms with Crippen LogP contribution in [0.5, 0.6) is 11.5 Å². The number of nitrogens with zero attached hydrogens (tertiary/aromatic N) is 1. The molecule has 0 radical (unpaired) electrons. The Balaban J connectivity index is 1.59. The molecule has 0 saturated heterocycles. The van der Waals surface area contributed by atoms with Gasteiger partial charge in [-0.05, 0) is 42.8 Å². The molecule has 2 aromatic carbocycles. The maximum Gasteiger partial charge on any atom is 0.277 e. The third kappa shape index (κ3) is 4.15. The van der Waals surface area contributed by atoms with E-state index >= 15 is 0 Å². The maximum atomic E-state index is 13.4. The number of benzene rings is 2. The van der Waals surface area contributed by atoms with E-state index in [2.05, 4.69) is 15.8 Å². The lowest BCUT2D eigenvalue weighted by Gasteiger charge is -2.18. The van der Waals surface area contributed by atoms with Gasteiger partial charge in [0, 0.05) is 0 Å². The fourth-order valence-electron chi connectivity index (χ4n) is 2.26. The Morgan fingerprint density at radius 2 is 2.15 bits per heavy atom. The van der Waals surface area contributed by atoms with Crippen LogP contribution in [-0.2, 0) is 9.59 Å². The van der Waals surface area contributed by atoms with Crippen LogP contribution in [0.1, 0.15) is 12.5 Å². The summed E-state index contributed by atoms with van der Waals surface area (Å²) in [5.74, 6) is -0.736. The van der Waals surface area contributed by atoms with Crippen LogP contribution in [0, 0.1) is 5.82 Å². The normalized spacial score (nSPS) is 13.3. The maximum absolute atomic E-state index is 13.4. The number of hydrogen-bond donors (Lipinski definition) is 2. The predicted octanol–water partition coefficient (Wildman–Crippen LogP) is 2.08. The first-order chi connectivity index (χ1) is 12.5. The van der Waals surface area contributed by atoms with Gasteiger partial charge < -0.3 is 14.8 Å². The highest BCUT2D eigenvalue weighted by Gasteiger charge is 2.16. The second kappa shape index (κ2) is 7.64. The summed E-state index contributed by atoms with van der Waals surface area (Å²) in [6.45, 7) is 1.31. The highest BCUT2D eigenvalue weighted by atomic mass is 19.1. The van der Waals surface area contributed by atoms with Crippen molar-refractivity contribution < 1.29 is 23.5 Å². The summed E-state index contributed by atoms with van der Waals surface area (Å²) in [5, 5.41) is 6.69. The second-order valence-corrected chi connectivity index (χ2v) is 5.50. The van der Waals surface area contributed by atoms with E-state index in [4.69, 9.17) is 9.47 Å². The van der Waals surface area contributed by atoms with E-state index in [9.17, 15) is 14.0 Å². The topological polar surface area (TPSA) is 89.0 Å². The van der Waals surface area contributed by atoms with Crippen LogP contribution in [-0.4, -0.2) is 30.7 Å². The molecule has 2 N–H and O–H groups in total. The first kappa shape index (κ1) is 17.4. The predicted molar refractivity (Wildman–Crippen MR) is 92.8 cm³/mol. The Labute approximate surface area is 148 Å². The fourth-order valence-corrected chi connectivity index (χ4v) is 2.26. The number of carbonyl (C=O) groups excluding carboxylic acids is 2. The van der Waals surface area contributed by atoms with Crippen LogP contribution in [0.4, 0.5) is 10.1 Å². The van der Waals surface area contributed by atoms with Gasteiger partial charge in [-0.15, -0.1) is 0 Å². The lowest BCUT2D eigenvalue weighted by atomic mass is 10.1. The van der Waals surface area contributed by atoms with Gasteiger partial charge in [-0.3, -0.25) is 9.59 Å². The summed E-state index contributed by atoms with van der Waals surface area (Å²) in [4.78, 5) is 23.2. The summed E-state index contributed by atoms with van der Waals surface area (Å²) in [6.07, 6.45) is 0. The van der Waals surface area contributed by atoms with Crippen LogP contribution < -0.4 is 20.2 Å². The summed E-state index contributed by atoms with van der Waals surface area (Å²) in [5.41, 5.74) is 4.11. The molecule has 3 rings (SSSR count). The molecule has 134 valence electrons. The van der Waals surface area contributed by atoms with Crippen molar-refractivity contribution in [3.05, 3.63) is 53.8 Å². The lowest BCUT2D eigenvalue weighted by molar-refractivity contribution is -0.123. The number of halogens is 1. The van der Waals surface area contributed by atoms with Crippen LogP contribution in [0.2, 0.25) is 0 Å². The minimum atomic E-state index is -0.543. The number of hydrogen-bond acceptors (Lipinski definition) is 5. The minimum absolute atomic E-state index is 0.00576.